The summed E-state index contributed by atoms with van der Waals surface area (Å²) in [4.78, 5) is 18.5. The summed E-state index contributed by atoms with van der Waals surface area (Å²) in [5.74, 6) is 0. The third kappa shape index (κ3) is 4.06. The first-order valence-electron chi connectivity index (χ1n) is 6.49. The van der Waals surface area contributed by atoms with E-state index >= 15 is 0 Å². The van der Waals surface area contributed by atoms with Crippen LogP contribution in [0.1, 0.15) is 21.0 Å². The van der Waals surface area contributed by atoms with Gasteiger partial charge in [-0.15, -0.1) is 11.3 Å². The topological polar surface area (TPSA) is 45.2 Å². The number of benzene rings is 1. The Morgan fingerprint density at radius 2 is 2.00 bits per heavy atom. The van der Waals surface area contributed by atoms with E-state index in [0.717, 1.165) is 11.4 Å². The largest absolute Gasteiger partial charge is 0.331 e. The van der Waals surface area contributed by atoms with E-state index < -0.39 is 0 Å². The molecular formula is C15H19N3OS. The smallest absolute Gasteiger partial charge is 0.317 e. The fraction of sp³-hybridized carbons (Fsp3) is 0.333. The highest BCUT2D eigenvalue weighted by atomic mass is 32.1. The summed E-state index contributed by atoms with van der Waals surface area (Å²) in [7, 11) is 3.44. The van der Waals surface area contributed by atoms with Crippen LogP contribution in [0.3, 0.4) is 0 Å². The van der Waals surface area contributed by atoms with Gasteiger partial charge in [0.1, 0.15) is 5.01 Å². The summed E-state index contributed by atoms with van der Waals surface area (Å²) < 4.78 is 0. The zero-order valence-electron chi connectivity index (χ0n) is 12.0. The van der Waals surface area contributed by atoms with E-state index in [2.05, 4.69) is 41.5 Å². The van der Waals surface area contributed by atoms with Crippen LogP contribution in [0.5, 0.6) is 0 Å². The molecule has 0 aliphatic rings. The van der Waals surface area contributed by atoms with Gasteiger partial charge in [0.2, 0.25) is 0 Å². The van der Waals surface area contributed by atoms with Crippen LogP contribution in [0, 0.1) is 6.92 Å². The third-order valence-corrected chi connectivity index (χ3v) is 3.89. The molecule has 0 fully saturated rings. The number of nitrogens with one attached hydrogen (secondary N) is 1. The lowest BCUT2D eigenvalue weighted by Crippen LogP contribution is -2.33. The van der Waals surface area contributed by atoms with E-state index in [1.807, 2.05) is 6.20 Å². The minimum atomic E-state index is -0.0970. The quantitative estimate of drug-likeness (QED) is 0.940. The summed E-state index contributed by atoms with van der Waals surface area (Å²) in [6, 6.07) is 8.43. The molecule has 0 saturated carbocycles. The highest BCUT2D eigenvalue weighted by molar-refractivity contribution is 7.11. The average Bonchev–Trinajstić information content (AvgIpc) is 2.86. The number of thiazole rings is 1. The lowest BCUT2D eigenvalue weighted by Gasteiger charge is -2.10. The highest BCUT2D eigenvalue weighted by Gasteiger charge is 2.06. The number of carbonyl (C=O) groups excluding carboxylic acids is 1. The number of carbonyl (C=O) groups is 1. The molecule has 0 unspecified atom stereocenters. The number of nitrogens with zero attached hydrogens (tertiary/aromatic N) is 2. The molecule has 2 rings (SSSR count). The molecule has 1 heterocycles. The summed E-state index contributed by atoms with van der Waals surface area (Å²) in [5, 5.41) is 3.75. The molecule has 1 aromatic heterocycles. The van der Waals surface area contributed by atoms with Crippen molar-refractivity contribution < 1.29 is 4.79 Å². The molecule has 106 valence electrons. The first-order valence-corrected chi connectivity index (χ1v) is 7.30. The summed E-state index contributed by atoms with van der Waals surface area (Å²) >= 11 is 1.64. The molecule has 0 saturated heterocycles. The molecule has 2 amide bonds. The normalized spacial score (nSPS) is 10.3. The van der Waals surface area contributed by atoms with Crippen molar-refractivity contribution in [2.24, 2.45) is 0 Å². The van der Waals surface area contributed by atoms with Crippen molar-refractivity contribution in [1.29, 1.82) is 0 Å². The van der Waals surface area contributed by atoms with Gasteiger partial charge in [-0.1, -0.05) is 29.8 Å². The van der Waals surface area contributed by atoms with Crippen molar-refractivity contribution in [3.8, 4) is 0 Å². The van der Waals surface area contributed by atoms with Gasteiger partial charge in [-0.2, -0.15) is 0 Å². The Labute approximate surface area is 123 Å². The fourth-order valence-corrected chi connectivity index (χ4v) is 2.62. The lowest BCUT2D eigenvalue weighted by molar-refractivity contribution is 0.217. The third-order valence-electron chi connectivity index (χ3n) is 2.90. The van der Waals surface area contributed by atoms with E-state index in [0.29, 0.717) is 6.54 Å². The van der Waals surface area contributed by atoms with Crippen LogP contribution in [0.15, 0.2) is 30.5 Å². The van der Waals surface area contributed by atoms with Crippen LogP contribution < -0.4 is 5.32 Å². The van der Waals surface area contributed by atoms with Crippen molar-refractivity contribution in [3.05, 3.63) is 51.5 Å². The fourth-order valence-electron chi connectivity index (χ4n) is 1.73. The molecule has 2 aromatic rings. The van der Waals surface area contributed by atoms with Crippen LogP contribution >= 0.6 is 11.3 Å². The van der Waals surface area contributed by atoms with Gasteiger partial charge in [0.05, 0.1) is 6.54 Å². The Kier molecular flexibility index (Phi) is 4.74. The maximum absolute atomic E-state index is 11.4. The van der Waals surface area contributed by atoms with Gasteiger partial charge in [0, 0.05) is 31.6 Å². The molecule has 0 aliphatic carbocycles. The van der Waals surface area contributed by atoms with E-state index in [-0.39, 0.29) is 6.03 Å². The number of aromatic nitrogens is 1. The minimum absolute atomic E-state index is 0.0970. The van der Waals surface area contributed by atoms with E-state index in [1.54, 1.807) is 25.4 Å². The molecular weight excluding hydrogens is 270 g/mol. The predicted octanol–water partition coefficient (Wildman–Crippen LogP) is 2.81. The van der Waals surface area contributed by atoms with Gasteiger partial charge >= 0.3 is 6.03 Å². The van der Waals surface area contributed by atoms with Crippen molar-refractivity contribution in [2.75, 3.05) is 14.1 Å². The van der Waals surface area contributed by atoms with E-state index in [9.17, 15) is 4.79 Å². The van der Waals surface area contributed by atoms with Crippen LogP contribution in [0.2, 0.25) is 0 Å². The number of urea groups is 1. The molecule has 0 aliphatic heterocycles. The Balaban J connectivity index is 1.92. The number of aryl methyl sites for hydroxylation is 1. The van der Waals surface area contributed by atoms with Crippen molar-refractivity contribution >= 4 is 17.4 Å². The first kappa shape index (κ1) is 14.5. The highest BCUT2D eigenvalue weighted by Crippen LogP contribution is 2.17. The zero-order valence-corrected chi connectivity index (χ0v) is 12.8. The molecule has 1 aromatic carbocycles. The lowest BCUT2D eigenvalue weighted by atomic mass is 10.1. The van der Waals surface area contributed by atoms with Gasteiger partial charge in [-0.25, -0.2) is 9.78 Å². The van der Waals surface area contributed by atoms with Crippen LogP contribution in [0.25, 0.3) is 0 Å². The zero-order chi connectivity index (χ0) is 14.5. The predicted molar refractivity (Wildman–Crippen MR) is 82.0 cm³/mol. The first-order chi connectivity index (χ1) is 9.54. The second-order valence-electron chi connectivity index (χ2n) is 4.94. The van der Waals surface area contributed by atoms with E-state index in [4.69, 9.17) is 0 Å². The number of amides is 2. The Hall–Kier alpha value is -1.88. The van der Waals surface area contributed by atoms with Crippen LogP contribution in [-0.4, -0.2) is 30.0 Å². The molecule has 0 radical (unpaired) electrons. The van der Waals surface area contributed by atoms with Crippen molar-refractivity contribution in [2.45, 2.75) is 19.9 Å². The van der Waals surface area contributed by atoms with Gasteiger partial charge < -0.3 is 10.2 Å². The Morgan fingerprint density at radius 3 is 2.65 bits per heavy atom. The van der Waals surface area contributed by atoms with E-state index in [1.165, 1.54) is 20.9 Å². The summed E-state index contributed by atoms with van der Waals surface area (Å²) in [5.41, 5.74) is 2.55. The SMILES string of the molecule is Cc1ccc(Cc2cnc(CNC(=O)N(C)C)s2)cc1. The minimum Gasteiger partial charge on any atom is -0.331 e. The average molecular weight is 289 g/mol. The number of rotatable bonds is 4. The Morgan fingerprint density at radius 1 is 1.30 bits per heavy atom. The van der Waals surface area contributed by atoms with Crippen molar-refractivity contribution in [1.82, 2.24) is 15.2 Å². The summed E-state index contributed by atoms with van der Waals surface area (Å²) in [6.07, 6.45) is 2.78. The maximum atomic E-state index is 11.4. The van der Waals surface area contributed by atoms with Gasteiger partial charge in [0.15, 0.2) is 0 Å². The van der Waals surface area contributed by atoms with Gasteiger partial charge in [-0.3, -0.25) is 0 Å². The number of hydrogen-bond acceptors (Lipinski definition) is 3. The standard InChI is InChI=1S/C15H19N3OS/c1-11-4-6-12(7-5-11)8-13-9-16-14(20-13)10-17-15(19)18(2)3/h4-7,9H,8,10H2,1-3H3,(H,17,19). The monoisotopic (exact) mass is 289 g/mol. The summed E-state index contributed by atoms with van der Waals surface area (Å²) in [6.45, 7) is 2.57. The van der Waals surface area contributed by atoms with Gasteiger partial charge in [-0.05, 0) is 12.5 Å². The molecule has 0 atom stereocenters. The van der Waals surface area contributed by atoms with Crippen LogP contribution in [-0.2, 0) is 13.0 Å². The van der Waals surface area contributed by atoms with Crippen molar-refractivity contribution in [3.63, 3.8) is 0 Å². The molecule has 0 spiro atoms. The molecule has 5 heteroatoms. The molecule has 4 nitrogen and oxygen atoms in total. The maximum Gasteiger partial charge on any atom is 0.317 e. The van der Waals surface area contributed by atoms with Crippen LogP contribution in [0.4, 0.5) is 4.79 Å². The Bertz CT molecular complexity index is 575. The van der Waals surface area contributed by atoms with Gasteiger partial charge in [0.25, 0.3) is 0 Å². The second-order valence-corrected chi connectivity index (χ2v) is 6.14. The molecule has 1 N–H and O–H groups in total. The second kappa shape index (κ2) is 6.52. The molecule has 20 heavy (non-hydrogen) atoms. The number of hydrogen-bond donors (Lipinski definition) is 1. The molecule has 0 bridgehead atoms.